The van der Waals surface area contributed by atoms with Gasteiger partial charge in [-0.05, 0) is 12.1 Å². The van der Waals surface area contributed by atoms with Gasteiger partial charge in [0.15, 0.2) is 17.4 Å². The van der Waals surface area contributed by atoms with Crippen molar-refractivity contribution in [1.29, 1.82) is 0 Å². The van der Waals surface area contributed by atoms with E-state index in [0.717, 1.165) is 6.08 Å². The summed E-state index contributed by atoms with van der Waals surface area (Å²) in [6.07, 6.45) is 3.68. The van der Waals surface area contributed by atoms with E-state index in [1.165, 1.54) is 29.2 Å². The number of aromatic amines is 1. The summed E-state index contributed by atoms with van der Waals surface area (Å²) in [7, 11) is 0. The van der Waals surface area contributed by atoms with Crippen molar-refractivity contribution in [1.82, 2.24) is 19.7 Å². The second-order valence-electron chi connectivity index (χ2n) is 6.76. The molecule has 0 saturated heterocycles. The Hall–Kier alpha value is -4.33. The van der Waals surface area contributed by atoms with Crippen molar-refractivity contribution < 1.29 is 19.1 Å². The van der Waals surface area contributed by atoms with E-state index in [1.807, 2.05) is 0 Å². The first kappa shape index (κ1) is 20.0. The van der Waals surface area contributed by atoms with Gasteiger partial charge in [-0.3, -0.25) is 14.7 Å². The highest BCUT2D eigenvalue weighted by molar-refractivity contribution is 6.12. The van der Waals surface area contributed by atoms with Crippen LogP contribution in [0.5, 0.6) is 0 Å². The number of ketones is 2. The molecule has 154 valence electrons. The van der Waals surface area contributed by atoms with Crippen molar-refractivity contribution in [2.24, 2.45) is 0 Å². The summed E-state index contributed by atoms with van der Waals surface area (Å²) in [5, 5.41) is 16.2. The highest BCUT2D eigenvalue weighted by Crippen LogP contribution is 2.19. The molecule has 0 atom stereocenters. The Morgan fingerprint density at radius 2 is 1.81 bits per heavy atom. The van der Waals surface area contributed by atoms with Gasteiger partial charge in [0.05, 0.1) is 12.2 Å². The quantitative estimate of drug-likeness (QED) is 0.271. The molecule has 0 aliphatic carbocycles. The second kappa shape index (κ2) is 8.58. The minimum Gasteiger partial charge on any atom is -0.504 e. The fourth-order valence-electron chi connectivity index (χ4n) is 3.13. The van der Waals surface area contributed by atoms with Crippen molar-refractivity contribution in [3.8, 4) is 0 Å². The number of halogens is 1. The topological polar surface area (TPSA) is 101 Å². The lowest BCUT2D eigenvalue weighted by molar-refractivity contribution is 0.103. The second-order valence-corrected chi connectivity index (χ2v) is 6.76. The number of carbonyl (C=O) groups is 2. The minimum absolute atomic E-state index is 0.0288. The van der Waals surface area contributed by atoms with Crippen LogP contribution in [-0.4, -0.2) is 36.4 Å². The van der Waals surface area contributed by atoms with E-state index in [9.17, 15) is 19.1 Å². The van der Waals surface area contributed by atoms with Gasteiger partial charge in [-0.1, -0.05) is 48.5 Å². The molecule has 0 spiro atoms. The number of aliphatic hydroxyl groups excluding tert-OH is 1. The van der Waals surface area contributed by atoms with Crippen molar-refractivity contribution in [2.75, 3.05) is 0 Å². The molecule has 0 radical (unpaired) electrons. The standard InChI is InChI=1S/C23H17FN4O3/c24-18-9-5-4-8-16(18)12-28-13-17(22(31)15-6-2-1-3-7-15)10-19(28)20(29)11-21(30)23-25-14-26-27-23/h1-11,13-14,30H,12H2,(H,25,26,27). The Balaban J connectivity index is 1.74. The van der Waals surface area contributed by atoms with E-state index in [1.54, 1.807) is 48.5 Å². The maximum absolute atomic E-state index is 14.2. The minimum atomic E-state index is -0.572. The first-order chi connectivity index (χ1) is 15.0. The molecule has 4 rings (SSSR count). The lowest BCUT2D eigenvalue weighted by Gasteiger charge is -2.08. The Kier molecular flexibility index (Phi) is 5.53. The molecule has 2 aromatic carbocycles. The molecule has 0 aliphatic rings. The molecule has 7 nitrogen and oxygen atoms in total. The van der Waals surface area contributed by atoms with Crippen LogP contribution in [0, 0.1) is 5.82 Å². The summed E-state index contributed by atoms with van der Waals surface area (Å²) in [5.74, 6) is -1.65. The van der Waals surface area contributed by atoms with E-state index >= 15 is 0 Å². The lowest BCUT2D eigenvalue weighted by atomic mass is 10.1. The van der Waals surface area contributed by atoms with Crippen LogP contribution in [0.2, 0.25) is 0 Å². The Labute approximate surface area is 176 Å². The summed E-state index contributed by atoms with van der Waals surface area (Å²) >= 11 is 0. The van der Waals surface area contributed by atoms with Crippen molar-refractivity contribution in [3.63, 3.8) is 0 Å². The first-order valence-corrected chi connectivity index (χ1v) is 9.37. The van der Waals surface area contributed by atoms with Crippen LogP contribution in [0.15, 0.2) is 79.3 Å². The number of rotatable bonds is 7. The van der Waals surface area contributed by atoms with Crippen LogP contribution >= 0.6 is 0 Å². The van der Waals surface area contributed by atoms with Crippen LogP contribution in [0.3, 0.4) is 0 Å². The number of aromatic nitrogens is 4. The third-order valence-electron chi connectivity index (χ3n) is 4.67. The third-order valence-corrected chi connectivity index (χ3v) is 4.67. The molecule has 0 bridgehead atoms. The molecule has 4 aromatic rings. The number of benzene rings is 2. The summed E-state index contributed by atoms with van der Waals surface area (Å²) in [6, 6.07) is 16.3. The predicted octanol–water partition coefficient (Wildman–Crippen LogP) is 3.81. The van der Waals surface area contributed by atoms with Crippen LogP contribution in [0.1, 0.15) is 37.8 Å². The molecular weight excluding hydrogens is 399 g/mol. The molecule has 0 fully saturated rings. The average Bonchev–Trinajstić information content (AvgIpc) is 3.46. The summed E-state index contributed by atoms with van der Waals surface area (Å²) in [6.45, 7) is 0.0345. The van der Waals surface area contributed by atoms with Gasteiger partial charge in [0.25, 0.3) is 0 Å². The molecule has 31 heavy (non-hydrogen) atoms. The molecule has 2 aromatic heterocycles. The number of hydrogen-bond acceptors (Lipinski definition) is 5. The number of hydrogen-bond donors (Lipinski definition) is 2. The number of allylic oxidation sites excluding steroid dienone is 1. The van der Waals surface area contributed by atoms with Gasteiger partial charge in [0.1, 0.15) is 12.1 Å². The molecule has 0 aliphatic heterocycles. The van der Waals surface area contributed by atoms with Crippen LogP contribution in [0.25, 0.3) is 5.76 Å². The zero-order chi connectivity index (χ0) is 21.8. The molecule has 2 N–H and O–H groups in total. The van der Waals surface area contributed by atoms with Gasteiger partial charge in [0, 0.05) is 29.0 Å². The lowest BCUT2D eigenvalue weighted by Crippen LogP contribution is -2.09. The van der Waals surface area contributed by atoms with Crippen LogP contribution in [0.4, 0.5) is 4.39 Å². The first-order valence-electron chi connectivity index (χ1n) is 9.37. The maximum atomic E-state index is 14.2. The summed E-state index contributed by atoms with van der Waals surface area (Å²) in [4.78, 5) is 29.6. The smallest absolute Gasteiger partial charge is 0.206 e. The number of aliphatic hydroxyl groups is 1. The number of carbonyl (C=O) groups excluding carboxylic acids is 2. The van der Waals surface area contributed by atoms with Crippen molar-refractivity contribution >= 4 is 17.3 Å². The Bertz CT molecular complexity index is 1260. The van der Waals surface area contributed by atoms with Crippen LogP contribution in [-0.2, 0) is 6.54 Å². The maximum Gasteiger partial charge on any atom is 0.206 e. The van der Waals surface area contributed by atoms with Gasteiger partial charge >= 0.3 is 0 Å². The molecule has 0 saturated carbocycles. The van der Waals surface area contributed by atoms with Gasteiger partial charge in [0.2, 0.25) is 5.78 Å². The van der Waals surface area contributed by atoms with Gasteiger partial charge in [-0.2, -0.15) is 5.10 Å². The Morgan fingerprint density at radius 3 is 2.52 bits per heavy atom. The van der Waals surface area contributed by atoms with E-state index in [0.29, 0.717) is 11.1 Å². The number of nitrogens with one attached hydrogen (secondary N) is 1. The summed E-state index contributed by atoms with van der Waals surface area (Å²) < 4.78 is 15.7. The molecule has 0 amide bonds. The fraction of sp³-hybridized carbons (Fsp3) is 0.0435. The van der Waals surface area contributed by atoms with Crippen molar-refractivity contribution in [2.45, 2.75) is 6.54 Å². The van der Waals surface area contributed by atoms with E-state index in [4.69, 9.17) is 0 Å². The summed E-state index contributed by atoms with van der Waals surface area (Å²) in [5.41, 5.74) is 1.21. The normalized spacial score (nSPS) is 11.5. The van der Waals surface area contributed by atoms with Crippen molar-refractivity contribution in [3.05, 3.63) is 113 Å². The number of H-pyrrole nitrogens is 1. The molecular formula is C23H17FN4O3. The molecule has 8 heteroatoms. The van der Waals surface area contributed by atoms with E-state index in [2.05, 4.69) is 15.2 Å². The molecule has 0 unspecified atom stereocenters. The monoisotopic (exact) mass is 416 g/mol. The van der Waals surface area contributed by atoms with E-state index in [-0.39, 0.29) is 29.4 Å². The average molecular weight is 416 g/mol. The largest absolute Gasteiger partial charge is 0.504 e. The Morgan fingerprint density at radius 1 is 1.06 bits per heavy atom. The predicted molar refractivity (Wildman–Crippen MR) is 111 cm³/mol. The molecule has 2 heterocycles. The zero-order valence-corrected chi connectivity index (χ0v) is 16.2. The van der Waals surface area contributed by atoms with Crippen LogP contribution < -0.4 is 0 Å². The van der Waals surface area contributed by atoms with Gasteiger partial charge in [-0.15, -0.1) is 0 Å². The highest BCUT2D eigenvalue weighted by atomic mass is 19.1. The van der Waals surface area contributed by atoms with Gasteiger partial charge < -0.3 is 9.67 Å². The third kappa shape index (κ3) is 4.32. The van der Waals surface area contributed by atoms with E-state index < -0.39 is 17.4 Å². The highest BCUT2D eigenvalue weighted by Gasteiger charge is 2.19. The number of nitrogens with zero attached hydrogens (tertiary/aromatic N) is 3. The van der Waals surface area contributed by atoms with Gasteiger partial charge in [-0.25, -0.2) is 9.37 Å². The zero-order valence-electron chi connectivity index (χ0n) is 16.2. The fourth-order valence-corrected chi connectivity index (χ4v) is 3.13. The SMILES string of the molecule is O=C(c1ccccc1)c1cc(C(=O)C=C(O)c2ncn[nH]2)n(Cc2ccccc2F)c1.